The summed E-state index contributed by atoms with van der Waals surface area (Å²) in [6, 6.07) is 7.91. The third kappa shape index (κ3) is 3.44. The first kappa shape index (κ1) is 16.1. The fourth-order valence-corrected chi connectivity index (χ4v) is 3.83. The summed E-state index contributed by atoms with van der Waals surface area (Å²) in [7, 11) is 1.63. The van der Waals surface area contributed by atoms with Crippen molar-refractivity contribution < 1.29 is 17.9 Å². The Hall–Kier alpha value is -1.76. The van der Waals surface area contributed by atoms with Crippen molar-refractivity contribution in [3.05, 3.63) is 40.9 Å². The van der Waals surface area contributed by atoms with Crippen molar-refractivity contribution in [3.63, 3.8) is 0 Å². The van der Waals surface area contributed by atoms with Crippen molar-refractivity contribution in [2.45, 2.75) is 31.5 Å². The van der Waals surface area contributed by atoms with Gasteiger partial charge >= 0.3 is 6.18 Å². The van der Waals surface area contributed by atoms with Gasteiger partial charge in [-0.25, -0.2) is 4.98 Å². The summed E-state index contributed by atoms with van der Waals surface area (Å²) in [5.41, 5.74) is 1.07. The second-order valence-corrected chi connectivity index (χ2v) is 6.52. The van der Waals surface area contributed by atoms with Gasteiger partial charge in [-0.1, -0.05) is 29.5 Å². The van der Waals surface area contributed by atoms with Crippen LogP contribution in [0.3, 0.4) is 0 Å². The highest BCUT2D eigenvalue weighted by Crippen LogP contribution is 2.38. The van der Waals surface area contributed by atoms with Crippen LogP contribution in [0.4, 0.5) is 18.3 Å². The Morgan fingerprint density at radius 3 is 2.83 bits per heavy atom. The summed E-state index contributed by atoms with van der Waals surface area (Å²) < 4.78 is 43.7. The summed E-state index contributed by atoms with van der Waals surface area (Å²) in [5, 5.41) is 0.453. The Kier molecular flexibility index (Phi) is 4.48. The third-order valence-electron chi connectivity index (χ3n) is 4.04. The van der Waals surface area contributed by atoms with Crippen molar-refractivity contribution in [1.82, 2.24) is 4.98 Å². The van der Waals surface area contributed by atoms with Gasteiger partial charge in [0.05, 0.1) is 13.3 Å². The van der Waals surface area contributed by atoms with Crippen molar-refractivity contribution in [2.75, 3.05) is 18.6 Å². The van der Waals surface area contributed by atoms with Gasteiger partial charge in [0.2, 0.25) is 0 Å². The number of benzene rings is 1. The Labute approximate surface area is 136 Å². The Morgan fingerprint density at radius 2 is 2.13 bits per heavy atom. The molecule has 1 aromatic heterocycles. The van der Waals surface area contributed by atoms with E-state index in [1.807, 2.05) is 29.2 Å². The lowest BCUT2D eigenvalue weighted by Gasteiger charge is -2.24. The molecule has 23 heavy (non-hydrogen) atoms. The van der Waals surface area contributed by atoms with Crippen molar-refractivity contribution in [1.29, 1.82) is 0 Å². The summed E-state index contributed by atoms with van der Waals surface area (Å²) in [5.74, 6) is 0.814. The van der Waals surface area contributed by atoms with E-state index in [0.29, 0.717) is 5.13 Å². The number of alkyl halides is 3. The number of rotatable bonds is 4. The van der Waals surface area contributed by atoms with Gasteiger partial charge < -0.3 is 9.64 Å². The molecule has 0 bridgehead atoms. The Bertz CT molecular complexity index is 671. The molecule has 0 N–H and O–H groups in total. The summed E-state index contributed by atoms with van der Waals surface area (Å²) in [6.07, 6.45) is -0.753. The number of ether oxygens (including phenoxy) is 1. The van der Waals surface area contributed by atoms with E-state index in [9.17, 15) is 13.2 Å². The van der Waals surface area contributed by atoms with Gasteiger partial charge in [-0.2, -0.15) is 13.2 Å². The molecule has 1 saturated heterocycles. The molecular weight excluding hydrogens is 325 g/mol. The highest BCUT2D eigenvalue weighted by atomic mass is 32.1. The largest absolute Gasteiger partial charge is 0.496 e. The minimum absolute atomic E-state index is 0.151. The van der Waals surface area contributed by atoms with Crippen molar-refractivity contribution >= 4 is 16.5 Å². The molecule has 1 aliphatic heterocycles. The summed E-state index contributed by atoms with van der Waals surface area (Å²) >= 11 is 0.720. The lowest BCUT2D eigenvalue weighted by Crippen LogP contribution is -2.30. The average molecular weight is 342 g/mol. The lowest BCUT2D eigenvalue weighted by atomic mass is 10.0. The highest BCUT2D eigenvalue weighted by molar-refractivity contribution is 7.15. The zero-order valence-corrected chi connectivity index (χ0v) is 13.5. The molecule has 1 fully saturated rings. The molecule has 1 aromatic carbocycles. The SMILES string of the molecule is COc1ccccc1CC1CCCN1c1ncc(C(F)(F)F)s1. The fraction of sp³-hybridized carbons (Fsp3) is 0.438. The number of hydrogen-bond donors (Lipinski definition) is 0. The standard InChI is InChI=1S/C16H17F3N2OS/c1-22-13-7-3-2-5-11(13)9-12-6-4-8-21(12)15-20-10-14(23-15)16(17,18)19/h2-3,5,7,10,12H,4,6,8-9H2,1H3. The molecule has 0 saturated carbocycles. The van der Waals surface area contributed by atoms with Crippen molar-refractivity contribution in [3.8, 4) is 5.75 Å². The van der Waals surface area contributed by atoms with Crippen LogP contribution in [0.1, 0.15) is 23.3 Å². The van der Waals surface area contributed by atoms with E-state index in [1.54, 1.807) is 7.11 Å². The van der Waals surface area contributed by atoms with Crippen LogP contribution in [-0.2, 0) is 12.6 Å². The zero-order chi connectivity index (χ0) is 16.4. The number of para-hydroxylation sites is 1. The monoisotopic (exact) mass is 342 g/mol. The van der Waals surface area contributed by atoms with E-state index in [1.165, 1.54) is 0 Å². The molecule has 2 heterocycles. The Balaban J connectivity index is 1.79. The molecule has 2 aromatic rings. The van der Waals surface area contributed by atoms with Crippen LogP contribution in [0.2, 0.25) is 0 Å². The maximum atomic E-state index is 12.8. The average Bonchev–Trinajstić information content (AvgIpc) is 3.15. The molecule has 1 aliphatic rings. The van der Waals surface area contributed by atoms with Gasteiger partial charge in [0.25, 0.3) is 0 Å². The second-order valence-electron chi connectivity index (χ2n) is 5.51. The first-order chi connectivity index (χ1) is 11.0. The molecule has 1 unspecified atom stereocenters. The zero-order valence-electron chi connectivity index (χ0n) is 12.6. The van der Waals surface area contributed by atoms with E-state index in [-0.39, 0.29) is 6.04 Å². The van der Waals surface area contributed by atoms with Crippen LogP contribution in [-0.4, -0.2) is 24.7 Å². The first-order valence-corrected chi connectivity index (χ1v) is 8.22. The van der Waals surface area contributed by atoms with Crippen LogP contribution in [0.15, 0.2) is 30.5 Å². The maximum absolute atomic E-state index is 12.8. The van der Waals surface area contributed by atoms with Crippen LogP contribution in [0, 0.1) is 0 Å². The number of nitrogens with zero attached hydrogens (tertiary/aromatic N) is 2. The first-order valence-electron chi connectivity index (χ1n) is 7.40. The summed E-state index contributed by atoms with van der Waals surface area (Å²) in [4.78, 5) is 5.34. The molecule has 1 atom stereocenters. The van der Waals surface area contributed by atoms with Gasteiger partial charge in [-0.3, -0.25) is 0 Å². The predicted molar refractivity (Wildman–Crippen MR) is 84.2 cm³/mol. The third-order valence-corrected chi connectivity index (χ3v) is 5.12. The molecule has 0 aliphatic carbocycles. The second kappa shape index (κ2) is 6.39. The van der Waals surface area contributed by atoms with E-state index < -0.39 is 11.1 Å². The molecule has 3 rings (SSSR count). The minimum atomic E-state index is -4.33. The van der Waals surface area contributed by atoms with Crippen LogP contribution in [0.5, 0.6) is 5.75 Å². The normalized spacial score (nSPS) is 18.4. The van der Waals surface area contributed by atoms with Gasteiger partial charge in [0.15, 0.2) is 5.13 Å². The number of anilines is 1. The van der Waals surface area contributed by atoms with Crippen molar-refractivity contribution in [2.24, 2.45) is 0 Å². The molecule has 0 amide bonds. The number of hydrogen-bond acceptors (Lipinski definition) is 4. The van der Waals surface area contributed by atoms with E-state index in [2.05, 4.69) is 4.98 Å². The van der Waals surface area contributed by atoms with Gasteiger partial charge in [0.1, 0.15) is 10.6 Å². The van der Waals surface area contributed by atoms with E-state index >= 15 is 0 Å². The smallest absolute Gasteiger partial charge is 0.427 e. The summed E-state index contributed by atoms with van der Waals surface area (Å²) in [6.45, 7) is 0.741. The van der Waals surface area contributed by atoms with E-state index in [4.69, 9.17) is 4.74 Å². The predicted octanol–water partition coefficient (Wildman–Crippen LogP) is 4.38. The topological polar surface area (TPSA) is 25.4 Å². The fourth-order valence-electron chi connectivity index (χ4n) is 2.95. The molecule has 7 heteroatoms. The van der Waals surface area contributed by atoms with Crippen LogP contribution < -0.4 is 9.64 Å². The van der Waals surface area contributed by atoms with Gasteiger partial charge in [0, 0.05) is 12.6 Å². The van der Waals surface area contributed by atoms with Gasteiger partial charge in [-0.15, -0.1) is 0 Å². The minimum Gasteiger partial charge on any atom is -0.496 e. The number of aromatic nitrogens is 1. The molecule has 3 nitrogen and oxygen atoms in total. The number of thiazole rings is 1. The highest BCUT2D eigenvalue weighted by Gasteiger charge is 2.35. The molecular formula is C16H17F3N2OS. The molecule has 0 radical (unpaired) electrons. The van der Waals surface area contributed by atoms with Crippen LogP contribution in [0.25, 0.3) is 0 Å². The maximum Gasteiger partial charge on any atom is 0.427 e. The van der Waals surface area contributed by atoms with Crippen LogP contribution >= 0.6 is 11.3 Å². The molecule has 0 spiro atoms. The number of halogens is 3. The molecule has 124 valence electrons. The lowest BCUT2D eigenvalue weighted by molar-refractivity contribution is -0.134. The van der Waals surface area contributed by atoms with E-state index in [0.717, 1.165) is 54.7 Å². The quantitative estimate of drug-likeness (QED) is 0.824. The number of methoxy groups -OCH3 is 1. The Morgan fingerprint density at radius 1 is 1.35 bits per heavy atom. The van der Waals surface area contributed by atoms with Gasteiger partial charge in [-0.05, 0) is 30.9 Å².